The molecule has 16 rings (SSSR count). The van der Waals surface area contributed by atoms with E-state index in [1.807, 2.05) is 0 Å². The van der Waals surface area contributed by atoms with Crippen LogP contribution in [0.5, 0.6) is 11.5 Å². The molecule has 0 fully saturated rings. The van der Waals surface area contributed by atoms with Crippen molar-refractivity contribution >= 4 is 32.8 Å². The SMILES string of the molecule is [2H]c1c([2H])c([2H])c(-c2ccc3c(c2)n(-c2cccc(Oc4ccc5c6ccccc6n(-c6cc(C([2H])([2H])[2H])c(-c7c([2H])c([2H])c([2H])c([2H])c7[2H])cn6)c5c4)c2)[c-][n+]3-c2c(-c3c([2H])c(-c4c([2H])c([2H])c([2H])c([2H])c4[2H])c([2H])c(-c4c([2H])c([2H])c([2H])c([2H])c4[2H])c3[2H])cc(C(C)(C)C)cc2-c2c([2H])c(-c3c([2H])c([2H])c([2H])c([2H])c3[2H])c([2H])c(-c3c([2H])c([2H])c([2H])c([2H])c3[2H])c2[2H])c([2H])c1[2H]. The Morgan fingerprint density at radius 2 is 0.904 bits per heavy atom. The van der Waals surface area contributed by atoms with Crippen molar-refractivity contribution in [3.8, 4) is 118 Å². The van der Waals surface area contributed by atoms with Crippen LogP contribution in [0.15, 0.2) is 327 Å². The number of aromatic nitrogens is 4. The predicted octanol–water partition coefficient (Wildman–Crippen LogP) is 22.9. The second-order valence-corrected chi connectivity index (χ2v) is 22.4. The third kappa shape index (κ3) is 10.9. The van der Waals surface area contributed by atoms with Gasteiger partial charge in [-0.3, -0.25) is 13.7 Å². The van der Waals surface area contributed by atoms with E-state index < -0.39 is 313 Å². The van der Waals surface area contributed by atoms with Crippen LogP contribution in [0.4, 0.5) is 0 Å². The van der Waals surface area contributed by atoms with Crippen molar-refractivity contribution in [3.05, 3.63) is 344 Å². The van der Waals surface area contributed by atoms with Crippen molar-refractivity contribution in [2.75, 3.05) is 0 Å². The van der Waals surface area contributed by atoms with Gasteiger partial charge in [0, 0.05) is 32.7 Å². The third-order valence-corrected chi connectivity index (χ3v) is 15.5. The highest BCUT2D eigenvalue weighted by molar-refractivity contribution is 6.09. The van der Waals surface area contributed by atoms with Gasteiger partial charge in [0.25, 0.3) is 6.33 Å². The lowest BCUT2D eigenvalue weighted by molar-refractivity contribution is -0.571. The zero-order valence-electron chi connectivity index (χ0n) is 88.6. The lowest BCUT2D eigenvalue weighted by Crippen LogP contribution is -2.32. The summed E-state index contributed by atoms with van der Waals surface area (Å²) in [6.45, 7) is 1.93. The van der Waals surface area contributed by atoms with E-state index in [2.05, 4.69) is 6.33 Å². The molecule has 3 aromatic heterocycles. The van der Waals surface area contributed by atoms with E-state index in [1.165, 1.54) is 69.8 Å². The molecular weight excluding hydrogens is 1140 g/mol. The molecule has 16 aromatic rings. The van der Waals surface area contributed by atoms with Crippen LogP contribution in [0, 0.1) is 13.2 Å². The van der Waals surface area contributed by atoms with Gasteiger partial charge in [-0.15, -0.1) is 0 Å². The largest absolute Gasteiger partial charge is 0.458 e. The summed E-state index contributed by atoms with van der Waals surface area (Å²) in [5, 5.41) is 1.21. The van der Waals surface area contributed by atoms with Crippen molar-refractivity contribution in [2.24, 2.45) is 0 Å². The first-order chi connectivity index (χ1) is 62.3. The van der Waals surface area contributed by atoms with Gasteiger partial charge in [-0.1, -0.05) is 251 Å². The standard InChI is InChI=1S/C89H66N4O/c1-60-46-87(90-58-82(60)66-36-21-10-22-37-66)93-83-41-24-23-40-78(83)79-44-43-77(57-85(79)93)94-76-39-25-38-75(56-76)91-59-92(84-45-42-67(53-86(84)91)61-26-11-5-12-27-61)88-80(72-49-68(62-28-13-6-14-29-62)47-69(50-72)63-30-15-7-16-31-63)54-74(89(2,3)4)55-81(88)73-51-70(64-32-17-8-18-33-64)48-71(52-73)65-34-19-9-20-35-65/h5-58H,1-4H3/i1D3,5D,6D,7D,8D,9D,10D,11D,12D,13D,14D,15D,16D,17D,18D,19D,20D,21D,22D,26D,27D,28D,29D,30D,31D,32D,33D,34D,35D,36D,37D,47D,48D,49D,50D,51D,52D. The maximum absolute atomic E-state index is 10.8. The Kier molecular flexibility index (Phi) is 7.45. The predicted molar refractivity (Wildman–Crippen MR) is 389 cm³/mol. The second kappa shape index (κ2) is 24.0. The Bertz CT molecular complexity index is 7310. The summed E-state index contributed by atoms with van der Waals surface area (Å²) in [5.74, 6) is 0.105. The van der Waals surface area contributed by atoms with Crippen LogP contribution in [0.3, 0.4) is 0 Å². The van der Waals surface area contributed by atoms with Crippen LogP contribution >= 0.6 is 0 Å². The van der Waals surface area contributed by atoms with Crippen LogP contribution in [-0.4, -0.2) is 14.1 Å². The van der Waals surface area contributed by atoms with E-state index in [-0.39, 0.29) is 56.3 Å². The Balaban J connectivity index is 1.06. The zero-order valence-corrected chi connectivity index (χ0v) is 49.6. The zero-order chi connectivity index (χ0) is 97.1. The number of hydrogen-bond donors (Lipinski definition) is 0. The molecule has 5 heteroatoms. The maximum atomic E-state index is 10.8. The van der Waals surface area contributed by atoms with Crippen LogP contribution in [0.1, 0.15) is 85.4 Å². The topological polar surface area (TPSA) is 35.9 Å². The average Bonchev–Trinajstić information content (AvgIpc) is 1.60. The fourth-order valence-corrected chi connectivity index (χ4v) is 11.1. The van der Waals surface area contributed by atoms with E-state index in [4.69, 9.17) is 41.2 Å². The highest BCUT2D eigenvalue weighted by Gasteiger charge is 2.27. The highest BCUT2D eigenvalue weighted by Crippen LogP contribution is 2.45. The van der Waals surface area contributed by atoms with Crippen molar-refractivity contribution < 1.29 is 62.8 Å². The number of nitrogens with zero attached hydrogens (tertiary/aromatic N) is 4. The van der Waals surface area contributed by atoms with Gasteiger partial charge in [0.2, 0.25) is 0 Å². The van der Waals surface area contributed by atoms with Crippen LogP contribution in [-0.2, 0) is 5.41 Å². The summed E-state index contributed by atoms with van der Waals surface area (Å²) < 4.78 is 371. The number of rotatable bonds is 13. The summed E-state index contributed by atoms with van der Waals surface area (Å²) in [6.07, 6.45) is 4.44. The monoisotopic (exact) mass is 1250 g/mol. The lowest BCUT2D eigenvalue weighted by Gasteiger charge is -2.26. The van der Waals surface area contributed by atoms with Gasteiger partial charge < -0.3 is 4.74 Å². The molecule has 0 bridgehead atoms. The number of para-hydroxylation sites is 1. The summed E-state index contributed by atoms with van der Waals surface area (Å²) >= 11 is 0. The fourth-order valence-electron chi connectivity index (χ4n) is 11.1. The van der Waals surface area contributed by atoms with E-state index in [0.29, 0.717) is 21.8 Å². The van der Waals surface area contributed by atoms with Gasteiger partial charge >= 0.3 is 0 Å². The Morgan fingerprint density at radius 1 is 0.415 bits per heavy atom. The van der Waals surface area contributed by atoms with Gasteiger partial charge in [0.05, 0.1) is 82.8 Å². The first kappa shape index (κ1) is 29.1. The van der Waals surface area contributed by atoms with Crippen molar-refractivity contribution in [3.63, 3.8) is 0 Å². The molecule has 0 saturated carbocycles. The molecule has 94 heavy (non-hydrogen) atoms. The molecule has 448 valence electrons. The molecular formula is C89H66N4O. The fraction of sp³-hybridized carbons (Fsp3) is 0.0562. The molecule has 0 amide bonds. The molecule has 0 aliphatic heterocycles. The van der Waals surface area contributed by atoms with E-state index >= 15 is 0 Å². The summed E-state index contributed by atoms with van der Waals surface area (Å²) in [7, 11) is 0. The van der Waals surface area contributed by atoms with Gasteiger partial charge in [0.1, 0.15) is 17.3 Å². The highest BCUT2D eigenvalue weighted by atomic mass is 16.5. The van der Waals surface area contributed by atoms with Crippen LogP contribution in [0.25, 0.3) is 139 Å². The molecule has 0 radical (unpaired) electrons. The Morgan fingerprint density at radius 3 is 1.44 bits per heavy atom. The maximum Gasteiger partial charge on any atom is 0.269 e. The average molecular weight is 1250 g/mol. The molecule has 0 aliphatic carbocycles. The Hall–Kier alpha value is -11.9. The van der Waals surface area contributed by atoms with Crippen LogP contribution in [0.2, 0.25) is 0 Å². The second-order valence-electron chi connectivity index (χ2n) is 22.4. The quantitative estimate of drug-likeness (QED) is 0.0852. The third-order valence-electron chi connectivity index (χ3n) is 15.5. The van der Waals surface area contributed by atoms with Crippen molar-refractivity contribution in [2.45, 2.75) is 33.0 Å². The first-order valence-corrected chi connectivity index (χ1v) is 29.0. The van der Waals surface area contributed by atoms with Crippen molar-refractivity contribution in [1.82, 2.24) is 14.1 Å². The molecule has 0 N–H and O–H groups in total. The van der Waals surface area contributed by atoms with E-state index in [1.54, 1.807) is 67.8 Å². The number of fused-ring (bicyclic) bond motifs is 4. The summed E-state index contributed by atoms with van der Waals surface area (Å²) in [6, 6.07) is -8.23. The van der Waals surface area contributed by atoms with E-state index in [9.17, 15) is 21.9 Å². The Labute approximate surface area is 603 Å². The van der Waals surface area contributed by atoms with Crippen LogP contribution < -0.4 is 9.30 Å². The molecule has 13 aromatic carbocycles. The lowest BCUT2D eigenvalue weighted by atomic mass is 9.81. The molecule has 0 unspecified atom stereocenters. The number of imidazole rings is 1. The minimum Gasteiger partial charge on any atom is -0.458 e. The smallest absolute Gasteiger partial charge is 0.269 e. The number of aryl methyl sites for hydroxylation is 1. The first-order valence-electron chi connectivity index (χ1n) is 48.5. The number of ether oxygens (including phenoxy) is 1. The van der Waals surface area contributed by atoms with Gasteiger partial charge in [0.15, 0.2) is 0 Å². The van der Waals surface area contributed by atoms with E-state index in [0.717, 1.165) is 6.20 Å². The van der Waals surface area contributed by atoms with Gasteiger partial charge in [-0.25, -0.2) is 4.98 Å². The minimum atomic E-state index is -2.99. The van der Waals surface area contributed by atoms with Gasteiger partial charge in [-0.05, 0) is 192 Å². The number of benzene rings is 13. The van der Waals surface area contributed by atoms with Crippen molar-refractivity contribution in [1.29, 1.82) is 0 Å². The molecule has 3 heterocycles. The molecule has 0 spiro atoms. The number of pyridine rings is 1. The number of hydrogen-bond acceptors (Lipinski definition) is 2. The minimum absolute atomic E-state index is 0.00351. The molecule has 0 aliphatic rings. The normalized spacial score (nSPS) is 17.6. The molecule has 5 nitrogen and oxygen atoms in total. The van der Waals surface area contributed by atoms with Gasteiger partial charge in [-0.2, -0.15) is 0 Å². The molecule has 0 atom stereocenters. The molecule has 0 saturated heterocycles. The summed E-state index contributed by atoms with van der Waals surface area (Å²) in [5.41, 5.74) is -12.7. The summed E-state index contributed by atoms with van der Waals surface area (Å²) in [4.78, 5) is 4.70.